The van der Waals surface area contributed by atoms with Crippen LogP contribution in [-0.2, 0) is 15.6 Å². The number of nitrogens with zero attached hydrogens (tertiary/aromatic N) is 3. The second-order valence-corrected chi connectivity index (χ2v) is 6.54. The number of alkyl halides is 3. The molecule has 0 radical (unpaired) electrons. The first-order chi connectivity index (χ1) is 10.7. The van der Waals surface area contributed by atoms with Crippen molar-refractivity contribution < 1.29 is 22.2 Å². The molecule has 1 rings (SSSR count). The van der Waals surface area contributed by atoms with Crippen molar-refractivity contribution in [3.63, 3.8) is 0 Å². The van der Waals surface area contributed by atoms with Gasteiger partial charge < -0.3 is 4.84 Å². The number of pyridine rings is 1. The number of oxime groups is 1. The third kappa shape index (κ3) is 5.63. The number of hydrogen-bond donors (Lipinski definition) is 0. The molecule has 0 aliphatic heterocycles. The van der Waals surface area contributed by atoms with Gasteiger partial charge in [0.05, 0.1) is 21.4 Å². The molecule has 1 aromatic heterocycles. The average Bonchev–Trinajstić information content (AvgIpc) is 2.49. The summed E-state index contributed by atoms with van der Waals surface area (Å²) in [5, 5.41) is 12.2. The Hall–Kier alpha value is -1.95. The lowest BCUT2D eigenvalue weighted by Gasteiger charge is -2.12. The fourth-order valence-electron chi connectivity index (χ4n) is 1.66. The van der Waals surface area contributed by atoms with E-state index in [0.29, 0.717) is 16.3 Å². The summed E-state index contributed by atoms with van der Waals surface area (Å²) in [5.74, 6) is 0.368. The van der Waals surface area contributed by atoms with Crippen molar-refractivity contribution in [1.82, 2.24) is 4.98 Å². The van der Waals surface area contributed by atoms with E-state index in [1.807, 2.05) is 13.8 Å². The smallest absolute Gasteiger partial charge is 0.385 e. The highest BCUT2D eigenvalue weighted by atomic mass is 32.2. The van der Waals surface area contributed by atoms with Crippen molar-refractivity contribution in [2.75, 3.05) is 12.4 Å². The zero-order valence-corrected chi connectivity index (χ0v) is 13.7. The van der Waals surface area contributed by atoms with E-state index in [4.69, 9.17) is 5.26 Å². The summed E-state index contributed by atoms with van der Waals surface area (Å²) in [5.41, 5.74) is 0.421. The predicted octanol–water partition coefficient (Wildman–Crippen LogP) is 3.14. The van der Waals surface area contributed by atoms with Crippen LogP contribution in [0.15, 0.2) is 22.3 Å². The van der Waals surface area contributed by atoms with Crippen molar-refractivity contribution in [3.05, 3.63) is 23.5 Å². The van der Waals surface area contributed by atoms with E-state index in [1.165, 1.54) is 12.3 Å². The van der Waals surface area contributed by atoms with E-state index in [2.05, 4.69) is 15.0 Å². The molecule has 0 aliphatic carbocycles. The van der Waals surface area contributed by atoms with Crippen LogP contribution in [0, 0.1) is 11.3 Å². The molecule has 1 unspecified atom stereocenters. The topological polar surface area (TPSA) is 75.3 Å². The van der Waals surface area contributed by atoms with Gasteiger partial charge in [0.1, 0.15) is 6.07 Å². The highest BCUT2D eigenvalue weighted by Gasteiger charge is 2.28. The molecule has 0 fully saturated rings. The fraction of sp³-hybridized carbons (Fsp3) is 0.500. The molecule has 1 aromatic rings. The van der Waals surface area contributed by atoms with Crippen LogP contribution in [0.25, 0.3) is 0 Å². The predicted molar refractivity (Wildman–Crippen MR) is 79.4 cm³/mol. The van der Waals surface area contributed by atoms with E-state index < -0.39 is 23.6 Å². The molecule has 1 heterocycles. The number of nitriles is 1. The van der Waals surface area contributed by atoms with Crippen LogP contribution >= 0.6 is 0 Å². The normalized spacial score (nSPS) is 13.7. The van der Waals surface area contributed by atoms with Gasteiger partial charge in [-0.05, 0) is 12.0 Å². The minimum atomic E-state index is -4.54. The van der Waals surface area contributed by atoms with Crippen molar-refractivity contribution in [2.45, 2.75) is 37.8 Å². The Bertz CT molecular complexity index is 652. The second kappa shape index (κ2) is 8.06. The largest absolute Gasteiger partial charge is 0.425 e. The number of halogens is 3. The van der Waals surface area contributed by atoms with E-state index >= 15 is 0 Å². The van der Waals surface area contributed by atoms with Gasteiger partial charge >= 0.3 is 6.18 Å². The monoisotopic (exact) mass is 347 g/mol. The molecule has 0 saturated heterocycles. The Labute approximate surface area is 134 Å². The molecule has 1 atom stereocenters. The lowest BCUT2D eigenvalue weighted by Crippen LogP contribution is -2.16. The van der Waals surface area contributed by atoms with E-state index in [0.717, 1.165) is 0 Å². The standard InChI is InChI=1S/C14H16F3N3O2S/c1-4-23(21)12-5-10(7-19-13(12)9(2)3)11(6-18)20-22-8-14(15,16)17/h5,7,9H,4,8H2,1-3H3/b20-11+. The van der Waals surface area contributed by atoms with Crippen LogP contribution in [0.4, 0.5) is 13.2 Å². The molecule has 0 aromatic carbocycles. The average molecular weight is 347 g/mol. The molecule has 0 aliphatic rings. The first-order valence-electron chi connectivity index (χ1n) is 6.75. The SMILES string of the molecule is CCS(=O)c1cc(/C(C#N)=N/OCC(F)(F)F)cnc1C(C)C. The van der Waals surface area contributed by atoms with Gasteiger partial charge in [-0.3, -0.25) is 9.19 Å². The minimum absolute atomic E-state index is 0.0125. The molecular formula is C14H16F3N3O2S. The Balaban J connectivity index is 3.18. The zero-order chi connectivity index (χ0) is 17.6. The maximum Gasteiger partial charge on any atom is 0.425 e. The highest BCUT2D eigenvalue weighted by Crippen LogP contribution is 2.22. The number of hydrogen-bond acceptors (Lipinski definition) is 5. The number of aromatic nitrogens is 1. The lowest BCUT2D eigenvalue weighted by molar-refractivity contribution is -0.173. The third-order valence-corrected chi connectivity index (χ3v) is 4.04. The molecule has 0 saturated carbocycles. The molecule has 0 spiro atoms. The van der Waals surface area contributed by atoms with Gasteiger partial charge in [-0.25, -0.2) is 0 Å². The highest BCUT2D eigenvalue weighted by molar-refractivity contribution is 7.85. The quantitative estimate of drug-likeness (QED) is 0.585. The van der Waals surface area contributed by atoms with Crippen LogP contribution in [0.3, 0.4) is 0 Å². The van der Waals surface area contributed by atoms with Crippen molar-refractivity contribution >= 4 is 16.5 Å². The van der Waals surface area contributed by atoms with Crippen LogP contribution in [-0.4, -0.2) is 33.4 Å². The summed E-state index contributed by atoms with van der Waals surface area (Å²) in [4.78, 5) is 8.76. The molecule has 9 heteroatoms. The van der Waals surface area contributed by atoms with Gasteiger partial charge in [-0.1, -0.05) is 25.9 Å². The van der Waals surface area contributed by atoms with Gasteiger partial charge in [0, 0.05) is 17.5 Å². The Kier molecular flexibility index (Phi) is 6.69. The van der Waals surface area contributed by atoms with E-state index in [-0.39, 0.29) is 17.2 Å². The van der Waals surface area contributed by atoms with Gasteiger partial charge in [-0.15, -0.1) is 0 Å². The van der Waals surface area contributed by atoms with Crippen molar-refractivity contribution in [3.8, 4) is 6.07 Å². The minimum Gasteiger partial charge on any atom is -0.385 e. The number of rotatable bonds is 6. The fourth-order valence-corrected chi connectivity index (χ4v) is 2.75. The Morgan fingerprint density at radius 3 is 2.65 bits per heavy atom. The van der Waals surface area contributed by atoms with Crippen molar-refractivity contribution in [2.24, 2.45) is 5.16 Å². The van der Waals surface area contributed by atoms with E-state index in [9.17, 15) is 17.4 Å². The third-order valence-electron chi connectivity index (χ3n) is 2.70. The summed E-state index contributed by atoms with van der Waals surface area (Å²) >= 11 is 0. The van der Waals surface area contributed by atoms with Crippen LogP contribution in [0.2, 0.25) is 0 Å². The van der Waals surface area contributed by atoms with Crippen LogP contribution in [0.1, 0.15) is 37.9 Å². The maximum absolute atomic E-state index is 12.1. The van der Waals surface area contributed by atoms with Crippen LogP contribution in [0.5, 0.6) is 0 Å². The first-order valence-corrected chi connectivity index (χ1v) is 8.07. The molecule has 5 nitrogen and oxygen atoms in total. The maximum atomic E-state index is 12.1. The first kappa shape index (κ1) is 19.1. The van der Waals surface area contributed by atoms with Crippen molar-refractivity contribution in [1.29, 1.82) is 5.26 Å². The molecule has 23 heavy (non-hydrogen) atoms. The van der Waals surface area contributed by atoms with Gasteiger partial charge in [0.2, 0.25) is 6.61 Å². The Morgan fingerprint density at radius 1 is 1.52 bits per heavy atom. The molecule has 126 valence electrons. The molecule has 0 N–H and O–H groups in total. The van der Waals surface area contributed by atoms with E-state index in [1.54, 1.807) is 13.0 Å². The summed E-state index contributed by atoms with van der Waals surface area (Å²) < 4.78 is 48.2. The summed E-state index contributed by atoms with van der Waals surface area (Å²) in [7, 11) is -1.32. The van der Waals surface area contributed by atoms with Crippen LogP contribution < -0.4 is 0 Å². The van der Waals surface area contributed by atoms with Gasteiger partial charge in [-0.2, -0.15) is 18.4 Å². The summed E-state index contributed by atoms with van der Waals surface area (Å²) in [6, 6.07) is 3.12. The molecular weight excluding hydrogens is 331 g/mol. The zero-order valence-electron chi connectivity index (χ0n) is 12.8. The summed E-state index contributed by atoms with van der Waals surface area (Å²) in [6.45, 7) is 3.90. The van der Waals surface area contributed by atoms with Gasteiger partial charge in [0.15, 0.2) is 5.71 Å². The lowest BCUT2D eigenvalue weighted by atomic mass is 10.1. The molecule has 0 bridgehead atoms. The summed E-state index contributed by atoms with van der Waals surface area (Å²) in [6.07, 6.45) is -3.23. The second-order valence-electron chi connectivity index (χ2n) is 4.84. The van der Waals surface area contributed by atoms with Gasteiger partial charge in [0.25, 0.3) is 0 Å². The Morgan fingerprint density at radius 2 is 2.17 bits per heavy atom. The molecule has 0 amide bonds.